The van der Waals surface area contributed by atoms with Gasteiger partial charge < -0.3 is 24.8 Å². The average molecular weight is 345 g/mol. The molecule has 1 unspecified atom stereocenters. The lowest BCUT2D eigenvalue weighted by Gasteiger charge is -2.29. The summed E-state index contributed by atoms with van der Waals surface area (Å²) in [6.07, 6.45) is 2.07. The molecule has 23 heavy (non-hydrogen) atoms. The molecule has 0 radical (unpaired) electrons. The highest BCUT2D eigenvalue weighted by molar-refractivity contribution is 5.97. The SMILES string of the molecule is COCC1(CNC(=O)c2cc(OC)ccc2OC)CCCN1.Cl. The van der Waals surface area contributed by atoms with Crippen LogP contribution in [0.15, 0.2) is 18.2 Å². The van der Waals surface area contributed by atoms with Crippen molar-refractivity contribution in [2.75, 3.05) is 41.0 Å². The summed E-state index contributed by atoms with van der Waals surface area (Å²) >= 11 is 0. The fourth-order valence-corrected chi connectivity index (χ4v) is 2.81. The Morgan fingerprint density at radius 2 is 2.09 bits per heavy atom. The van der Waals surface area contributed by atoms with Gasteiger partial charge in [0.05, 0.1) is 31.9 Å². The first-order valence-electron chi connectivity index (χ1n) is 7.38. The molecule has 1 amide bonds. The van der Waals surface area contributed by atoms with Gasteiger partial charge in [0.25, 0.3) is 5.91 Å². The van der Waals surface area contributed by atoms with Crippen LogP contribution in [0.1, 0.15) is 23.2 Å². The quantitative estimate of drug-likeness (QED) is 0.786. The largest absolute Gasteiger partial charge is 0.497 e. The van der Waals surface area contributed by atoms with Gasteiger partial charge in [-0.1, -0.05) is 0 Å². The van der Waals surface area contributed by atoms with Crippen LogP contribution >= 0.6 is 12.4 Å². The number of carbonyl (C=O) groups is 1. The lowest BCUT2D eigenvalue weighted by molar-refractivity contribution is 0.0889. The van der Waals surface area contributed by atoms with Crippen molar-refractivity contribution in [1.29, 1.82) is 0 Å². The predicted octanol–water partition coefficient (Wildman–Crippen LogP) is 1.62. The van der Waals surface area contributed by atoms with Crippen molar-refractivity contribution >= 4 is 18.3 Å². The van der Waals surface area contributed by atoms with Gasteiger partial charge in [-0.15, -0.1) is 12.4 Å². The van der Waals surface area contributed by atoms with E-state index in [-0.39, 0.29) is 23.9 Å². The van der Waals surface area contributed by atoms with E-state index in [1.54, 1.807) is 39.5 Å². The van der Waals surface area contributed by atoms with E-state index < -0.39 is 0 Å². The Kier molecular flexibility index (Phi) is 7.61. The molecule has 0 saturated carbocycles. The second-order valence-corrected chi connectivity index (χ2v) is 5.49. The van der Waals surface area contributed by atoms with E-state index in [0.29, 0.717) is 30.2 Å². The fourth-order valence-electron chi connectivity index (χ4n) is 2.81. The zero-order valence-electron chi connectivity index (χ0n) is 13.8. The topological polar surface area (TPSA) is 68.8 Å². The molecular formula is C16H25ClN2O4. The molecule has 1 aliphatic heterocycles. The van der Waals surface area contributed by atoms with Crippen molar-refractivity contribution in [3.63, 3.8) is 0 Å². The molecule has 7 heteroatoms. The number of hydrogen-bond acceptors (Lipinski definition) is 5. The fraction of sp³-hybridized carbons (Fsp3) is 0.562. The average Bonchev–Trinajstić information content (AvgIpc) is 3.01. The van der Waals surface area contributed by atoms with Crippen LogP contribution < -0.4 is 20.1 Å². The molecule has 1 aromatic carbocycles. The van der Waals surface area contributed by atoms with Crippen LogP contribution in [0.2, 0.25) is 0 Å². The van der Waals surface area contributed by atoms with Crippen molar-refractivity contribution in [2.24, 2.45) is 0 Å². The molecule has 1 atom stereocenters. The van der Waals surface area contributed by atoms with Crippen LogP contribution in [-0.4, -0.2) is 52.5 Å². The lowest BCUT2D eigenvalue weighted by atomic mass is 9.98. The molecule has 0 spiro atoms. The van der Waals surface area contributed by atoms with Crippen LogP contribution in [-0.2, 0) is 4.74 Å². The van der Waals surface area contributed by atoms with Gasteiger partial charge in [-0.3, -0.25) is 4.79 Å². The highest BCUT2D eigenvalue weighted by Gasteiger charge is 2.34. The Labute approximate surface area is 143 Å². The summed E-state index contributed by atoms with van der Waals surface area (Å²) in [5, 5.41) is 6.41. The Bertz CT molecular complexity index is 519. The van der Waals surface area contributed by atoms with Crippen molar-refractivity contribution in [2.45, 2.75) is 18.4 Å². The van der Waals surface area contributed by atoms with Crippen molar-refractivity contribution in [1.82, 2.24) is 10.6 Å². The van der Waals surface area contributed by atoms with Crippen molar-refractivity contribution < 1.29 is 19.0 Å². The Balaban J connectivity index is 0.00000264. The van der Waals surface area contributed by atoms with Crippen LogP contribution in [0.25, 0.3) is 0 Å². The maximum absolute atomic E-state index is 12.5. The van der Waals surface area contributed by atoms with Gasteiger partial charge in [0.1, 0.15) is 11.5 Å². The van der Waals surface area contributed by atoms with Gasteiger partial charge in [0, 0.05) is 13.7 Å². The van der Waals surface area contributed by atoms with Crippen molar-refractivity contribution in [3.8, 4) is 11.5 Å². The second kappa shape index (κ2) is 8.96. The van der Waals surface area contributed by atoms with E-state index in [1.807, 2.05) is 0 Å². The zero-order chi connectivity index (χ0) is 16.0. The number of amides is 1. The molecule has 1 heterocycles. The third kappa shape index (κ3) is 4.73. The van der Waals surface area contributed by atoms with Gasteiger partial charge in [0.2, 0.25) is 0 Å². The zero-order valence-corrected chi connectivity index (χ0v) is 14.6. The van der Waals surface area contributed by atoms with Crippen LogP contribution in [0.5, 0.6) is 11.5 Å². The van der Waals surface area contributed by atoms with E-state index in [2.05, 4.69) is 10.6 Å². The van der Waals surface area contributed by atoms with Gasteiger partial charge >= 0.3 is 0 Å². The molecule has 0 aromatic heterocycles. The summed E-state index contributed by atoms with van der Waals surface area (Å²) in [4.78, 5) is 12.5. The van der Waals surface area contributed by atoms with Crippen LogP contribution in [0.3, 0.4) is 0 Å². The van der Waals surface area contributed by atoms with Crippen LogP contribution in [0.4, 0.5) is 0 Å². The molecule has 0 aliphatic carbocycles. The smallest absolute Gasteiger partial charge is 0.255 e. The summed E-state index contributed by atoms with van der Waals surface area (Å²) in [6.45, 7) is 2.03. The molecule has 1 aliphatic rings. The summed E-state index contributed by atoms with van der Waals surface area (Å²) in [6, 6.07) is 5.17. The number of halogens is 1. The van der Waals surface area contributed by atoms with E-state index >= 15 is 0 Å². The molecule has 2 rings (SSSR count). The van der Waals surface area contributed by atoms with E-state index in [4.69, 9.17) is 14.2 Å². The minimum atomic E-state index is -0.184. The first-order chi connectivity index (χ1) is 10.6. The minimum Gasteiger partial charge on any atom is -0.497 e. The number of ether oxygens (including phenoxy) is 3. The molecule has 1 saturated heterocycles. The number of hydrogen-bond donors (Lipinski definition) is 2. The molecule has 0 bridgehead atoms. The lowest BCUT2D eigenvalue weighted by Crippen LogP contribution is -2.53. The Morgan fingerprint density at radius 3 is 2.65 bits per heavy atom. The molecule has 130 valence electrons. The highest BCUT2D eigenvalue weighted by Crippen LogP contribution is 2.24. The van der Waals surface area contributed by atoms with E-state index in [0.717, 1.165) is 19.4 Å². The number of benzene rings is 1. The Morgan fingerprint density at radius 1 is 1.30 bits per heavy atom. The Hall–Kier alpha value is -1.50. The molecular weight excluding hydrogens is 320 g/mol. The van der Waals surface area contributed by atoms with Gasteiger partial charge in [-0.2, -0.15) is 0 Å². The third-order valence-electron chi connectivity index (χ3n) is 3.99. The monoisotopic (exact) mass is 344 g/mol. The normalized spacial score (nSPS) is 19.8. The van der Waals surface area contributed by atoms with E-state index in [1.165, 1.54) is 0 Å². The third-order valence-corrected chi connectivity index (χ3v) is 3.99. The second-order valence-electron chi connectivity index (χ2n) is 5.49. The predicted molar refractivity (Wildman–Crippen MR) is 91.0 cm³/mol. The first kappa shape index (κ1) is 19.5. The van der Waals surface area contributed by atoms with Gasteiger partial charge in [0.15, 0.2) is 0 Å². The van der Waals surface area contributed by atoms with Crippen molar-refractivity contribution in [3.05, 3.63) is 23.8 Å². The van der Waals surface area contributed by atoms with Gasteiger partial charge in [-0.25, -0.2) is 0 Å². The molecule has 2 N–H and O–H groups in total. The first-order valence-corrected chi connectivity index (χ1v) is 7.38. The number of nitrogens with one attached hydrogen (secondary N) is 2. The number of carbonyl (C=O) groups excluding carboxylic acids is 1. The molecule has 1 aromatic rings. The summed E-state index contributed by atoms with van der Waals surface area (Å²) in [5.74, 6) is 0.968. The number of methoxy groups -OCH3 is 3. The van der Waals surface area contributed by atoms with E-state index in [9.17, 15) is 4.79 Å². The maximum atomic E-state index is 12.5. The van der Waals surface area contributed by atoms with Crippen LogP contribution in [0, 0.1) is 0 Å². The highest BCUT2D eigenvalue weighted by atomic mass is 35.5. The molecule has 1 fully saturated rings. The maximum Gasteiger partial charge on any atom is 0.255 e. The standard InChI is InChI=1S/C16H24N2O4.ClH/c1-20-11-16(7-4-8-18-16)10-17-15(19)13-9-12(21-2)5-6-14(13)22-3;/h5-6,9,18H,4,7-8,10-11H2,1-3H3,(H,17,19);1H. The minimum absolute atomic E-state index is 0. The summed E-state index contributed by atoms with van der Waals surface area (Å²) < 4.78 is 15.7. The number of rotatable bonds is 7. The summed E-state index contributed by atoms with van der Waals surface area (Å²) in [5.41, 5.74) is 0.281. The summed E-state index contributed by atoms with van der Waals surface area (Å²) in [7, 11) is 4.79. The van der Waals surface area contributed by atoms with Gasteiger partial charge in [-0.05, 0) is 37.6 Å². The molecule has 6 nitrogen and oxygen atoms in total.